The zero-order valence-electron chi connectivity index (χ0n) is 10.00. The summed E-state index contributed by atoms with van der Waals surface area (Å²) >= 11 is 2.72. The van der Waals surface area contributed by atoms with Crippen molar-refractivity contribution in [2.45, 2.75) is 30.3 Å². The molecule has 102 valence electrons. The van der Waals surface area contributed by atoms with Gasteiger partial charge >= 0.3 is 0 Å². The fourth-order valence-corrected chi connectivity index (χ4v) is 4.59. The number of nitrogens with one attached hydrogen (secondary N) is 2. The van der Waals surface area contributed by atoms with E-state index < -0.39 is 10.0 Å². The van der Waals surface area contributed by atoms with Crippen molar-refractivity contribution in [2.75, 3.05) is 4.72 Å². The third kappa shape index (κ3) is 3.33. The van der Waals surface area contributed by atoms with Crippen molar-refractivity contribution < 1.29 is 8.42 Å². The van der Waals surface area contributed by atoms with Crippen molar-refractivity contribution in [1.29, 1.82) is 0 Å². The average molecular weight is 315 g/mol. The summed E-state index contributed by atoms with van der Waals surface area (Å²) in [6, 6.07) is 2.34. The van der Waals surface area contributed by atoms with Crippen molar-refractivity contribution >= 4 is 37.8 Å². The van der Waals surface area contributed by atoms with Gasteiger partial charge in [0.1, 0.15) is 0 Å². The fraction of sp³-hybridized carbons (Fsp3) is 0.364. The van der Waals surface area contributed by atoms with Crippen LogP contribution in [0, 0.1) is 0 Å². The number of anilines is 1. The van der Waals surface area contributed by atoms with Crippen LogP contribution in [0.1, 0.15) is 17.7 Å². The maximum Gasteiger partial charge on any atom is 0.264 e. The number of thiazole rings is 1. The van der Waals surface area contributed by atoms with Crippen LogP contribution >= 0.6 is 22.7 Å². The standard InChI is InChI=1S/C11H13N3O2S3/c15-19(16,14-11-12-3-4-17-11)10-5-9(18-7-10)6-13-8-1-2-8/h3-5,7-8,13H,1-2,6H2,(H,12,14). The highest BCUT2D eigenvalue weighted by Crippen LogP contribution is 2.24. The predicted molar refractivity (Wildman–Crippen MR) is 77.1 cm³/mol. The van der Waals surface area contributed by atoms with E-state index in [2.05, 4.69) is 15.0 Å². The number of hydrogen-bond acceptors (Lipinski definition) is 6. The summed E-state index contributed by atoms with van der Waals surface area (Å²) in [5.41, 5.74) is 0. The molecule has 19 heavy (non-hydrogen) atoms. The van der Waals surface area contributed by atoms with Gasteiger partial charge in [0, 0.05) is 34.4 Å². The van der Waals surface area contributed by atoms with Gasteiger partial charge in [-0.3, -0.25) is 4.72 Å². The number of sulfonamides is 1. The second kappa shape index (κ2) is 5.20. The number of rotatable bonds is 6. The Morgan fingerprint density at radius 2 is 2.21 bits per heavy atom. The third-order valence-electron chi connectivity index (χ3n) is 2.74. The summed E-state index contributed by atoms with van der Waals surface area (Å²) in [6.07, 6.45) is 4.02. The Bertz CT molecular complexity index is 645. The Kier molecular flexibility index (Phi) is 3.57. The number of aromatic nitrogens is 1. The minimum absolute atomic E-state index is 0.306. The molecule has 1 aliphatic rings. The number of thiophene rings is 1. The van der Waals surface area contributed by atoms with E-state index in [1.54, 1.807) is 23.0 Å². The molecule has 2 heterocycles. The van der Waals surface area contributed by atoms with Gasteiger partial charge in [0.15, 0.2) is 5.13 Å². The van der Waals surface area contributed by atoms with E-state index >= 15 is 0 Å². The van der Waals surface area contributed by atoms with Gasteiger partial charge in [-0.1, -0.05) is 0 Å². The first-order valence-corrected chi connectivity index (χ1v) is 9.11. The predicted octanol–water partition coefficient (Wildman–Crippen LogP) is 2.26. The van der Waals surface area contributed by atoms with E-state index in [4.69, 9.17) is 0 Å². The molecule has 8 heteroatoms. The van der Waals surface area contributed by atoms with Gasteiger partial charge in [-0.25, -0.2) is 13.4 Å². The highest BCUT2D eigenvalue weighted by atomic mass is 32.2. The first-order chi connectivity index (χ1) is 9.13. The second-order valence-electron chi connectivity index (χ2n) is 4.35. The Labute approximate surface area is 119 Å². The molecule has 0 spiro atoms. The molecule has 0 radical (unpaired) electrons. The van der Waals surface area contributed by atoms with E-state index in [1.807, 2.05) is 0 Å². The topological polar surface area (TPSA) is 71.1 Å². The Balaban J connectivity index is 1.69. The highest BCUT2D eigenvalue weighted by Gasteiger charge is 2.21. The van der Waals surface area contributed by atoms with Crippen molar-refractivity contribution in [3.63, 3.8) is 0 Å². The summed E-state index contributed by atoms with van der Waals surface area (Å²) in [5.74, 6) is 0. The lowest BCUT2D eigenvalue weighted by molar-refractivity contribution is 0.601. The number of hydrogen-bond donors (Lipinski definition) is 2. The molecular weight excluding hydrogens is 302 g/mol. The molecule has 0 atom stereocenters. The summed E-state index contributed by atoms with van der Waals surface area (Å²) in [4.78, 5) is 5.26. The Morgan fingerprint density at radius 3 is 2.89 bits per heavy atom. The zero-order valence-corrected chi connectivity index (χ0v) is 12.4. The van der Waals surface area contributed by atoms with Crippen molar-refractivity contribution in [3.05, 3.63) is 27.9 Å². The van der Waals surface area contributed by atoms with Gasteiger partial charge in [0.2, 0.25) is 0 Å². The minimum Gasteiger partial charge on any atom is -0.309 e. The maximum absolute atomic E-state index is 12.1. The molecule has 0 unspecified atom stereocenters. The fourth-order valence-electron chi connectivity index (χ4n) is 1.57. The van der Waals surface area contributed by atoms with Crippen molar-refractivity contribution in [2.24, 2.45) is 0 Å². The van der Waals surface area contributed by atoms with Gasteiger partial charge in [0.05, 0.1) is 4.90 Å². The van der Waals surface area contributed by atoms with E-state index in [1.165, 1.54) is 35.5 Å². The molecule has 1 aliphatic carbocycles. The van der Waals surface area contributed by atoms with Crippen LogP contribution in [0.4, 0.5) is 5.13 Å². The lowest BCUT2D eigenvalue weighted by Gasteiger charge is -2.02. The van der Waals surface area contributed by atoms with Crippen LogP contribution in [-0.4, -0.2) is 19.4 Å². The SMILES string of the molecule is O=S(=O)(Nc1nccs1)c1csc(CNC2CC2)c1. The molecule has 5 nitrogen and oxygen atoms in total. The lowest BCUT2D eigenvalue weighted by Crippen LogP contribution is -2.14. The smallest absolute Gasteiger partial charge is 0.264 e. The molecule has 1 fully saturated rings. The molecule has 2 N–H and O–H groups in total. The summed E-state index contributed by atoms with van der Waals surface area (Å²) < 4.78 is 26.7. The van der Waals surface area contributed by atoms with Gasteiger partial charge in [-0.05, 0) is 18.9 Å². The first kappa shape index (κ1) is 13.0. The van der Waals surface area contributed by atoms with Crippen LogP contribution in [0.3, 0.4) is 0 Å². The van der Waals surface area contributed by atoms with Crippen molar-refractivity contribution in [3.8, 4) is 0 Å². The van der Waals surface area contributed by atoms with Crippen LogP contribution in [0.15, 0.2) is 27.9 Å². The van der Waals surface area contributed by atoms with Gasteiger partial charge < -0.3 is 5.32 Å². The quantitative estimate of drug-likeness (QED) is 0.858. The Hall–Kier alpha value is -0.960. The summed E-state index contributed by atoms with van der Waals surface area (Å²) in [6.45, 7) is 0.738. The van der Waals surface area contributed by atoms with E-state index in [9.17, 15) is 8.42 Å². The zero-order chi connectivity index (χ0) is 13.3. The molecule has 1 saturated carbocycles. The van der Waals surface area contributed by atoms with Crippen molar-refractivity contribution in [1.82, 2.24) is 10.3 Å². The van der Waals surface area contributed by atoms with Crippen LogP contribution in [0.25, 0.3) is 0 Å². The molecular formula is C11H13N3O2S3. The van der Waals surface area contributed by atoms with Gasteiger partial charge in [-0.15, -0.1) is 22.7 Å². The summed E-state index contributed by atoms with van der Waals surface area (Å²) in [5, 5.41) is 7.16. The molecule has 3 rings (SSSR count). The van der Waals surface area contributed by atoms with E-state index in [0.717, 1.165) is 11.4 Å². The van der Waals surface area contributed by atoms with Crippen LogP contribution in [0.2, 0.25) is 0 Å². The summed E-state index contributed by atoms with van der Waals surface area (Å²) in [7, 11) is -3.50. The van der Waals surface area contributed by atoms with Gasteiger partial charge in [-0.2, -0.15) is 0 Å². The van der Waals surface area contributed by atoms with E-state index in [0.29, 0.717) is 16.1 Å². The maximum atomic E-state index is 12.1. The molecule has 0 aliphatic heterocycles. The van der Waals surface area contributed by atoms with E-state index in [-0.39, 0.29) is 0 Å². The molecule has 2 aromatic rings. The average Bonchev–Trinajstić information content (AvgIpc) is 2.87. The molecule has 0 saturated heterocycles. The highest BCUT2D eigenvalue weighted by molar-refractivity contribution is 7.93. The van der Waals surface area contributed by atoms with Crippen LogP contribution in [-0.2, 0) is 16.6 Å². The molecule has 0 aromatic carbocycles. The molecule has 0 amide bonds. The Morgan fingerprint density at radius 1 is 1.37 bits per heavy atom. The lowest BCUT2D eigenvalue weighted by atomic mass is 10.4. The minimum atomic E-state index is -3.50. The largest absolute Gasteiger partial charge is 0.309 e. The monoisotopic (exact) mass is 315 g/mol. The third-order valence-corrected chi connectivity index (χ3v) is 5.96. The number of nitrogens with zero attached hydrogens (tertiary/aromatic N) is 1. The first-order valence-electron chi connectivity index (χ1n) is 5.86. The second-order valence-corrected chi connectivity index (χ2v) is 7.92. The van der Waals surface area contributed by atoms with Gasteiger partial charge in [0.25, 0.3) is 10.0 Å². The normalized spacial score (nSPS) is 15.6. The van der Waals surface area contributed by atoms with Crippen LogP contribution < -0.4 is 10.0 Å². The van der Waals surface area contributed by atoms with Crippen LogP contribution in [0.5, 0.6) is 0 Å². The molecule has 2 aromatic heterocycles. The molecule has 0 bridgehead atoms.